The minimum absolute atomic E-state index is 0.0279. The van der Waals surface area contributed by atoms with Gasteiger partial charge in [-0.05, 0) is 37.5 Å². The number of hydrogen-bond donors (Lipinski definition) is 2. The molecule has 0 fully saturated rings. The van der Waals surface area contributed by atoms with Crippen molar-refractivity contribution in [2.24, 2.45) is 0 Å². The van der Waals surface area contributed by atoms with E-state index < -0.39 is 17.8 Å². The second-order valence-electron chi connectivity index (χ2n) is 5.44. The number of nitrogens with one attached hydrogen (secondary N) is 1. The van der Waals surface area contributed by atoms with Gasteiger partial charge in [-0.1, -0.05) is 12.1 Å². The normalized spacial score (nSPS) is 11.5. The lowest BCUT2D eigenvalue weighted by molar-refractivity contribution is -0.142. The Morgan fingerprint density at radius 3 is 2.75 bits per heavy atom. The van der Waals surface area contributed by atoms with Crippen molar-refractivity contribution in [1.82, 2.24) is 9.78 Å². The maximum atomic E-state index is 13.0. The second kappa shape index (κ2) is 7.48. The first-order valence-electron chi connectivity index (χ1n) is 7.40. The predicted octanol–water partition coefficient (Wildman–Crippen LogP) is 2.77. The summed E-state index contributed by atoms with van der Waals surface area (Å²) in [5.41, 5.74) is 0.487. The Kier molecular flexibility index (Phi) is 5.61. The fraction of sp³-hybridized carbons (Fsp3) is 0.375. The van der Waals surface area contributed by atoms with Crippen LogP contribution in [0.4, 0.5) is 18.9 Å². The minimum Gasteiger partial charge on any atom is -0.396 e. The van der Waals surface area contributed by atoms with E-state index in [0.29, 0.717) is 5.69 Å². The number of aliphatic hydroxyl groups excluding tert-OH is 1. The molecule has 5 nitrogen and oxygen atoms in total. The Hall–Kier alpha value is -2.35. The zero-order chi connectivity index (χ0) is 17.7. The number of aromatic nitrogens is 2. The molecule has 8 heteroatoms. The predicted molar refractivity (Wildman–Crippen MR) is 82.4 cm³/mol. The summed E-state index contributed by atoms with van der Waals surface area (Å²) in [5, 5.41) is 14.9. The van der Waals surface area contributed by atoms with E-state index in [0.717, 1.165) is 10.2 Å². The summed E-state index contributed by atoms with van der Waals surface area (Å²) >= 11 is 0. The van der Waals surface area contributed by atoms with Gasteiger partial charge in [-0.15, -0.1) is 0 Å². The van der Waals surface area contributed by atoms with Gasteiger partial charge in [0.2, 0.25) is 5.91 Å². The number of alkyl halides is 3. The molecule has 1 aromatic carbocycles. The van der Waals surface area contributed by atoms with E-state index in [4.69, 9.17) is 5.11 Å². The number of anilines is 1. The van der Waals surface area contributed by atoms with Crippen molar-refractivity contribution in [3.05, 3.63) is 47.3 Å². The Bertz CT molecular complexity index is 711. The van der Waals surface area contributed by atoms with E-state index in [9.17, 15) is 18.0 Å². The Labute approximate surface area is 137 Å². The van der Waals surface area contributed by atoms with Crippen molar-refractivity contribution in [2.45, 2.75) is 32.5 Å². The molecule has 0 aliphatic carbocycles. The van der Waals surface area contributed by atoms with Crippen molar-refractivity contribution in [1.29, 1.82) is 0 Å². The van der Waals surface area contributed by atoms with Crippen molar-refractivity contribution in [3.63, 3.8) is 0 Å². The van der Waals surface area contributed by atoms with E-state index in [-0.39, 0.29) is 31.6 Å². The van der Waals surface area contributed by atoms with Gasteiger partial charge in [0.15, 0.2) is 5.69 Å². The quantitative estimate of drug-likeness (QED) is 0.849. The number of aryl methyl sites for hydroxylation is 2. The van der Waals surface area contributed by atoms with Gasteiger partial charge in [0.25, 0.3) is 0 Å². The van der Waals surface area contributed by atoms with Crippen LogP contribution in [0.3, 0.4) is 0 Å². The van der Waals surface area contributed by atoms with Crippen molar-refractivity contribution >= 4 is 11.6 Å². The lowest BCUT2D eigenvalue weighted by Gasteiger charge is -2.06. The maximum absolute atomic E-state index is 13.0. The van der Waals surface area contributed by atoms with Crippen LogP contribution in [0.15, 0.2) is 30.5 Å². The maximum Gasteiger partial charge on any atom is 0.435 e. The summed E-state index contributed by atoms with van der Waals surface area (Å²) in [7, 11) is 0. The third-order valence-corrected chi connectivity index (χ3v) is 3.32. The first-order chi connectivity index (χ1) is 11.3. The zero-order valence-corrected chi connectivity index (χ0v) is 13.1. The number of amides is 1. The Balaban J connectivity index is 2.11. The molecule has 0 saturated carbocycles. The molecule has 0 saturated heterocycles. The van der Waals surface area contributed by atoms with Crippen molar-refractivity contribution < 1.29 is 23.1 Å². The average molecular weight is 341 g/mol. The van der Waals surface area contributed by atoms with Crippen LogP contribution in [0.5, 0.6) is 0 Å². The number of hydrogen-bond acceptors (Lipinski definition) is 3. The highest BCUT2D eigenvalue weighted by Gasteiger charge is 2.37. The molecule has 130 valence electrons. The second-order valence-corrected chi connectivity index (χ2v) is 5.44. The fourth-order valence-electron chi connectivity index (χ4n) is 2.31. The zero-order valence-electron chi connectivity index (χ0n) is 13.1. The fourth-order valence-corrected chi connectivity index (χ4v) is 2.31. The van der Waals surface area contributed by atoms with Gasteiger partial charge in [-0.2, -0.15) is 18.3 Å². The van der Waals surface area contributed by atoms with Crippen LogP contribution < -0.4 is 5.32 Å². The smallest absolute Gasteiger partial charge is 0.396 e. The van der Waals surface area contributed by atoms with Gasteiger partial charge in [-0.25, -0.2) is 0 Å². The SMILES string of the molecule is Cc1cccc(NC(=O)Cn2cc(CCCO)c(C(F)(F)F)n2)c1. The molecular formula is C16H18F3N3O2. The summed E-state index contributed by atoms with van der Waals surface area (Å²) in [6.45, 7) is 1.33. The molecule has 2 N–H and O–H groups in total. The van der Waals surface area contributed by atoms with E-state index in [1.165, 1.54) is 6.20 Å². The summed E-state index contributed by atoms with van der Waals surface area (Å²) in [6, 6.07) is 7.09. The Morgan fingerprint density at radius 1 is 1.38 bits per heavy atom. The summed E-state index contributed by atoms with van der Waals surface area (Å²) in [4.78, 5) is 12.0. The monoisotopic (exact) mass is 341 g/mol. The number of rotatable bonds is 6. The number of halogens is 3. The van der Waals surface area contributed by atoms with Crippen LogP contribution >= 0.6 is 0 Å². The number of nitrogens with zero attached hydrogens (tertiary/aromatic N) is 2. The highest BCUT2D eigenvalue weighted by atomic mass is 19.4. The molecule has 0 atom stereocenters. The number of carbonyl (C=O) groups excluding carboxylic acids is 1. The van der Waals surface area contributed by atoms with Crippen molar-refractivity contribution in [2.75, 3.05) is 11.9 Å². The van der Waals surface area contributed by atoms with Gasteiger partial charge < -0.3 is 10.4 Å². The van der Waals surface area contributed by atoms with Crippen LogP contribution in [0.25, 0.3) is 0 Å². The van der Waals surface area contributed by atoms with E-state index in [1.54, 1.807) is 18.2 Å². The highest BCUT2D eigenvalue weighted by Crippen LogP contribution is 2.31. The summed E-state index contributed by atoms with van der Waals surface area (Å²) in [6.07, 6.45) is -3.15. The molecule has 2 aromatic rings. The van der Waals surface area contributed by atoms with Gasteiger partial charge >= 0.3 is 6.18 Å². The highest BCUT2D eigenvalue weighted by molar-refractivity contribution is 5.90. The molecule has 0 radical (unpaired) electrons. The number of aliphatic hydroxyl groups is 1. The lowest BCUT2D eigenvalue weighted by Crippen LogP contribution is -2.19. The molecule has 24 heavy (non-hydrogen) atoms. The number of carbonyl (C=O) groups is 1. The van der Waals surface area contributed by atoms with Crippen LogP contribution in [0.2, 0.25) is 0 Å². The van der Waals surface area contributed by atoms with Crippen LogP contribution in [-0.2, 0) is 23.9 Å². The number of benzene rings is 1. The molecule has 0 aliphatic heterocycles. The van der Waals surface area contributed by atoms with E-state index in [1.807, 2.05) is 13.0 Å². The van der Waals surface area contributed by atoms with Crippen LogP contribution in [0.1, 0.15) is 23.2 Å². The largest absolute Gasteiger partial charge is 0.435 e. The minimum atomic E-state index is -4.59. The van der Waals surface area contributed by atoms with E-state index >= 15 is 0 Å². The topological polar surface area (TPSA) is 67.2 Å². The third kappa shape index (κ3) is 4.82. The summed E-state index contributed by atoms with van der Waals surface area (Å²) in [5.74, 6) is -0.467. The molecule has 1 heterocycles. The average Bonchev–Trinajstić information content (AvgIpc) is 2.88. The molecule has 1 aromatic heterocycles. The van der Waals surface area contributed by atoms with E-state index in [2.05, 4.69) is 10.4 Å². The molecule has 0 aliphatic rings. The molecule has 0 spiro atoms. The van der Waals surface area contributed by atoms with Gasteiger partial charge in [0.05, 0.1) is 0 Å². The Morgan fingerprint density at radius 2 is 2.12 bits per heavy atom. The third-order valence-electron chi connectivity index (χ3n) is 3.32. The molecule has 0 bridgehead atoms. The summed E-state index contributed by atoms with van der Waals surface area (Å²) < 4.78 is 39.9. The molecule has 2 rings (SSSR count). The van der Waals surface area contributed by atoms with Crippen LogP contribution in [-0.4, -0.2) is 27.4 Å². The molecule has 0 unspecified atom stereocenters. The van der Waals surface area contributed by atoms with Gasteiger partial charge in [0, 0.05) is 24.1 Å². The first-order valence-corrected chi connectivity index (χ1v) is 7.40. The van der Waals surface area contributed by atoms with Crippen LogP contribution in [0, 0.1) is 6.92 Å². The van der Waals surface area contributed by atoms with Crippen molar-refractivity contribution in [3.8, 4) is 0 Å². The standard InChI is InChI=1S/C16H18F3N3O2/c1-11-4-2-6-13(8-11)20-14(24)10-22-9-12(5-3-7-23)15(21-22)16(17,18)19/h2,4,6,8-9,23H,3,5,7,10H2,1H3,(H,20,24). The lowest BCUT2D eigenvalue weighted by atomic mass is 10.1. The first kappa shape index (κ1) is 18.0. The molecular weight excluding hydrogens is 323 g/mol. The van der Waals surface area contributed by atoms with Gasteiger partial charge in [-0.3, -0.25) is 9.48 Å². The van der Waals surface area contributed by atoms with Gasteiger partial charge in [0.1, 0.15) is 6.54 Å². The molecule has 1 amide bonds.